The van der Waals surface area contributed by atoms with Gasteiger partial charge in [0, 0.05) is 0 Å². The summed E-state index contributed by atoms with van der Waals surface area (Å²) in [6, 6.07) is -2.41. The van der Waals surface area contributed by atoms with Crippen molar-refractivity contribution in [2.45, 2.75) is 18.5 Å². The number of aliphatic carboxylic acids is 2. The van der Waals surface area contributed by atoms with E-state index in [9.17, 15) is 9.59 Å². The molecule has 6 nitrogen and oxygen atoms in total. The average molecular weight is 235 g/mol. The second kappa shape index (κ2) is 8.06. The number of hydrogen-bond acceptors (Lipinski definition) is 4. The minimum absolute atomic E-state index is 0. The van der Waals surface area contributed by atoms with Gasteiger partial charge in [0.2, 0.25) is 0 Å². The highest BCUT2D eigenvalue weighted by molar-refractivity contribution is 5.85. The highest BCUT2D eigenvalue weighted by Crippen LogP contribution is 1.93. The van der Waals surface area contributed by atoms with Crippen LogP contribution in [0.15, 0.2) is 0 Å². The van der Waals surface area contributed by atoms with Crippen molar-refractivity contribution < 1.29 is 19.8 Å². The Morgan fingerprint density at radius 2 is 1.23 bits per heavy atom. The molecule has 2 atom stereocenters. The molecule has 0 rings (SSSR count). The van der Waals surface area contributed by atoms with Gasteiger partial charge < -0.3 is 21.7 Å². The van der Waals surface area contributed by atoms with Gasteiger partial charge in [-0.3, -0.25) is 9.59 Å². The standard InChI is InChI=1S/C5H10N2O4.2ClH/c6-2(4(8)9)1-3(7)5(10)11;;/h2-3H,1,6-7H2,(H,8,9)(H,10,11);2*1H/t2-,3-;;/m1../s1. The maximum atomic E-state index is 10.1. The molecule has 0 heterocycles. The zero-order valence-corrected chi connectivity index (χ0v) is 8.18. The molecule has 0 aromatic heterocycles. The molecule has 0 amide bonds. The first-order chi connectivity index (χ1) is 4.95. The molecule has 13 heavy (non-hydrogen) atoms. The fourth-order valence-corrected chi connectivity index (χ4v) is 0.475. The Labute approximate surface area is 87.1 Å². The molecule has 0 aliphatic carbocycles. The molecule has 0 saturated carbocycles. The molecule has 80 valence electrons. The maximum Gasteiger partial charge on any atom is 0.320 e. The molecule has 0 unspecified atom stereocenters. The normalized spacial score (nSPS) is 13.1. The molecular formula is C5H12Cl2N2O4. The van der Waals surface area contributed by atoms with Crippen LogP contribution in [-0.4, -0.2) is 34.2 Å². The van der Waals surface area contributed by atoms with Crippen molar-refractivity contribution in [2.75, 3.05) is 0 Å². The van der Waals surface area contributed by atoms with E-state index in [0.717, 1.165) is 0 Å². The Balaban J connectivity index is -0.000000500. The lowest BCUT2D eigenvalue weighted by Gasteiger charge is -2.08. The van der Waals surface area contributed by atoms with E-state index in [-0.39, 0.29) is 31.2 Å². The number of hydrogen-bond donors (Lipinski definition) is 4. The molecule has 0 saturated heterocycles. The predicted molar refractivity (Wildman–Crippen MR) is 50.3 cm³/mol. The van der Waals surface area contributed by atoms with Crippen molar-refractivity contribution in [3.05, 3.63) is 0 Å². The van der Waals surface area contributed by atoms with Gasteiger partial charge in [0.15, 0.2) is 0 Å². The van der Waals surface area contributed by atoms with E-state index in [2.05, 4.69) is 0 Å². The summed E-state index contributed by atoms with van der Waals surface area (Å²) in [5.74, 6) is -2.50. The molecule has 0 radical (unpaired) electrons. The van der Waals surface area contributed by atoms with Gasteiger partial charge in [-0.05, 0) is 6.42 Å². The summed E-state index contributed by atoms with van der Waals surface area (Å²) in [4.78, 5) is 20.2. The third-order valence-electron chi connectivity index (χ3n) is 1.14. The van der Waals surface area contributed by atoms with E-state index in [0.29, 0.717) is 0 Å². The number of carboxylic acid groups (broad SMARTS) is 2. The molecule has 0 aromatic carbocycles. The maximum absolute atomic E-state index is 10.1. The molecule has 6 N–H and O–H groups in total. The van der Waals surface area contributed by atoms with Crippen LogP contribution in [0, 0.1) is 0 Å². The summed E-state index contributed by atoms with van der Waals surface area (Å²) in [6.07, 6.45) is -0.259. The molecule has 0 aromatic rings. The Morgan fingerprint density at radius 3 is 1.38 bits per heavy atom. The van der Waals surface area contributed by atoms with E-state index in [1.54, 1.807) is 0 Å². The Hall–Kier alpha value is -0.560. The summed E-state index contributed by atoms with van der Waals surface area (Å²) in [5, 5.41) is 16.5. The molecule has 0 spiro atoms. The molecule has 0 bridgehead atoms. The van der Waals surface area contributed by atoms with Crippen LogP contribution in [0.25, 0.3) is 0 Å². The van der Waals surface area contributed by atoms with E-state index >= 15 is 0 Å². The fraction of sp³-hybridized carbons (Fsp3) is 0.600. The highest BCUT2D eigenvalue weighted by atomic mass is 35.5. The smallest absolute Gasteiger partial charge is 0.320 e. The minimum Gasteiger partial charge on any atom is -0.480 e. The van der Waals surface area contributed by atoms with Gasteiger partial charge in [0.1, 0.15) is 12.1 Å². The lowest BCUT2D eigenvalue weighted by Crippen LogP contribution is -2.41. The third-order valence-corrected chi connectivity index (χ3v) is 1.14. The van der Waals surface area contributed by atoms with Crippen LogP contribution < -0.4 is 11.5 Å². The molecular weight excluding hydrogens is 223 g/mol. The average Bonchev–Trinajstić information content (AvgIpc) is 1.87. The largest absolute Gasteiger partial charge is 0.480 e. The van der Waals surface area contributed by atoms with Crippen LogP contribution in [0.3, 0.4) is 0 Å². The van der Waals surface area contributed by atoms with E-state index in [1.807, 2.05) is 0 Å². The highest BCUT2D eigenvalue weighted by Gasteiger charge is 2.20. The summed E-state index contributed by atoms with van der Waals surface area (Å²) < 4.78 is 0. The van der Waals surface area contributed by atoms with Crippen molar-refractivity contribution >= 4 is 36.8 Å². The van der Waals surface area contributed by atoms with Gasteiger partial charge in [-0.25, -0.2) is 0 Å². The first kappa shape index (κ1) is 18.3. The first-order valence-electron chi connectivity index (χ1n) is 2.92. The van der Waals surface area contributed by atoms with Crippen LogP contribution in [0.2, 0.25) is 0 Å². The zero-order chi connectivity index (χ0) is 9.02. The number of carboxylic acids is 2. The first-order valence-corrected chi connectivity index (χ1v) is 2.92. The third kappa shape index (κ3) is 7.79. The fourth-order valence-electron chi connectivity index (χ4n) is 0.475. The topological polar surface area (TPSA) is 127 Å². The lowest BCUT2D eigenvalue weighted by molar-refractivity contribution is -0.140. The number of halogens is 2. The number of nitrogens with two attached hydrogens (primary N) is 2. The van der Waals surface area contributed by atoms with Crippen molar-refractivity contribution in [1.82, 2.24) is 0 Å². The number of rotatable bonds is 4. The van der Waals surface area contributed by atoms with Gasteiger partial charge in [0.05, 0.1) is 0 Å². The lowest BCUT2D eigenvalue weighted by atomic mass is 10.1. The molecule has 0 aliphatic rings. The van der Waals surface area contributed by atoms with Crippen LogP contribution in [0.5, 0.6) is 0 Å². The van der Waals surface area contributed by atoms with Crippen molar-refractivity contribution in [1.29, 1.82) is 0 Å². The summed E-state index contributed by atoms with van der Waals surface area (Å²) >= 11 is 0. The molecule has 0 fully saturated rings. The van der Waals surface area contributed by atoms with E-state index < -0.39 is 24.0 Å². The van der Waals surface area contributed by atoms with Crippen LogP contribution in [0.1, 0.15) is 6.42 Å². The summed E-state index contributed by atoms with van der Waals surface area (Å²) in [6.45, 7) is 0. The van der Waals surface area contributed by atoms with E-state index in [4.69, 9.17) is 21.7 Å². The monoisotopic (exact) mass is 234 g/mol. The Bertz CT molecular complexity index is 160. The van der Waals surface area contributed by atoms with Crippen molar-refractivity contribution in [3.63, 3.8) is 0 Å². The van der Waals surface area contributed by atoms with Crippen LogP contribution in [-0.2, 0) is 9.59 Å². The molecule has 8 heteroatoms. The van der Waals surface area contributed by atoms with Crippen LogP contribution in [0.4, 0.5) is 0 Å². The SMILES string of the molecule is Cl.Cl.N[C@H](C[C@@H](N)C(=O)O)C(=O)O. The summed E-state index contributed by atoms with van der Waals surface area (Å²) in [7, 11) is 0. The Kier molecular flexibility index (Phi) is 11.3. The predicted octanol–water partition coefficient (Wildman–Crippen LogP) is -0.956. The van der Waals surface area contributed by atoms with Gasteiger partial charge in [-0.1, -0.05) is 0 Å². The van der Waals surface area contributed by atoms with Gasteiger partial charge in [0.25, 0.3) is 0 Å². The van der Waals surface area contributed by atoms with Crippen LogP contribution >= 0.6 is 24.8 Å². The summed E-state index contributed by atoms with van der Waals surface area (Å²) in [5.41, 5.74) is 10.0. The number of carbonyl (C=O) groups is 2. The minimum atomic E-state index is -1.25. The Morgan fingerprint density at radius 1 is 1.00 bits per heavy atom. The van der Waals surface area contributed by atoms with E-state index in [1.165, 1.54) is 0 Å². The zero-order valence-electron chi connectivity index (χ0n) is 6.54. The second-order valence-corrected chi connectivity index (χ2v) is 2.13. The van der Waals surface area contributed by atoms with Gasteiger partial charge in [-0.2, -0.15) is 0 Å². The van der Waals surface area contributed by atoms with Gasteiger partial charge >= 0.3 is 11.9 Å². The quantitative estimate of drug-likeness (QED) is 0.497. The van der Waals surface area contributed by atoms with Crippen molar-refractivity contribution in [2.24, 2.45) is 11.5 Å². The second-order valence-electron chi connectivity index (χ2n) is 2.13. The molecule has 0 aliphatic heterocycles. The van der Waals surface area contributed by atoms with Gasteiger partial charge in [-0.15, -0.1) is 24.8 Å². The van der Waals surface area contributed by atoms with Crippen molar-refractivity contribution in [3.8, 4) is 0 Å².